The van der Waals surface area contributed by atoms with E-state index in [1.165, 1.54) is 11.6 Å². The Bertz CT molecular complexity index is 1480. The summed E-state index contributed by atoms with van der Waals surface area (Å²) in [6.45, 7) is 3.22. The first-order valence-electron chi connectivity index (χ1n) is 10.9. The highest BCUT2D eigenvalue weighted by Gasteiger charge is 2.33. The number of ether oxygens (including phenoxy) is 2. The van der Waals surface area contributed by atoms with E-state index in [1.807, 2.05) is 37.3 Å². The van der Waals surface area contributed by atoms with E-state index in [2.05, 4.69) is 4.57 Å². The summed E-state index contributed by atoms with van der Waals surface area (Å²) in [6, 6.07) is 14.8. The van der Waals surface area contributed by atoms with Crippen LogP contribution in [0.2, 0.25) is 0 Å². The second kappa shape index (κ2) is 7.97. The predicted molar refractivity (Wildman–Crippen MR) is 125 cm³/mol. The van der Waals surface area contributed by atoms with E-state index in [0.717, 1.165) is 27.1 Å². The number of aryl methyl sites for hydroxylation is 1. The molecule has 0 spiro atoms. The molecule has 0 aliphatic carbocycles. The summed E-state index contributed by atoms with van der Waals surface area (Å²) >= 11 is 0. The van der Waals surface area contributed by atoms with Crippen molar-refractivity contribution in [2.45, 2.75) is 19.6 Å². The fraction of sp³-hybridized carbons (Fsp3) is 0.280. The van der Waals surface area contributed by atoms with Gasteiger partial charge in [0, 0.05) is 20.6 Å². The molecule has 0 unspecified atom stereocenters. The molecule has 8 nitrogen and oxygen atoms in total. The molecule has 0 radical (unpaired) electrons. The number of hydrogen-bond acceptors (Lipinski definition) is 5. The van der Waals surface area contributed by atoms with Crippen LogP contribution in [0.5, 0.6) is 11.5 Å². The van der Waals surface area contributed by atoms with Crippen LogP contribution in [-0.4, -0.2) is 32.0 Å². The quantitative estimate of drug-likeness (QED) is 0.520. The lowest BCUT2D eigenvalue weighted by molar-refractivity contribution is 0.0477. The lowest BCUT2D eigenvalue weighted by Gasteiger charge is -2.28. The van der Waals surface area contributed by atoms with Crippen LogP contribution in [0.25, 0.3) is 22.2 Å². The normalized spacial score (nSPS) is 15.5. The fourth-order valence-corrected chi connectivity index (χ4v) is 4.69. The third kappa shape index (κ3) is 3.17. The largest absolute Gasteiger partial charge is 0.504 e. The number of aromatic nitrogens is 3. The molecule has 0 amide bonds. The second-order valence-electron chi connectivity index (χ2n) is 8.09. The van der Waals surface area contributed by atoms with Crippen molar-refractivity contribution in [1.29, 1.82) is 0 Å². The molecule has 2 aromatic carbocycles. The summed E-state index contributed by atoms with van der Waals surface area (Å²) in [5, 5.41) is 10.7. The molecule has 0 saturated heterocycles. The van der Waals surface area contributed by atoms with E-state index in [4.69, 9.17) is 9.47 Å². The van der Waals surface area contributed by atoms with Crippen LogP contribution < -0.4 is 16.0 Å². The summed E-state index contributed by atoms with van der Waals surface area (Å²) in [4.78, 5) is 26.3. The third-order valence-corrected chi connectivity index (χ3v) is 6.19. The molecular weight excluding hydrogens is 422 g/mol. The lowest BCUT2D eigenvalue weighted by atomic mass is 10.0. The van der Waals surface area contributed by atoms with E-state index in [9.17, 15) is 14.7 Å². The molecule has 8 heteroatoms. The standard InChI is InChI=1S/C25H25N3O5/c1-4-32-18-14-16(10-11-17(18)29)23-22-21-19(24(30)27(3)25(31)26(21)2)20(28(22)12-13-33-23)15-8-6-5-7-9-15/h5-11,14,23,29H,4,12-13H2,1-3H3/t23-/m0/s1. The van der Waals surface area contributed by atoms with Crippen molar-refractivity contribution < 1.29 is 14.6 Å². The molecule has 1 aliphatic heterocycles. The van der Waals surface area contributed by atoms with Crippen LogP contribution in [0.4, 0.5) is 0 Å². The Kier molecular flexibility index (Phi) is 5.09. The van der Waals surface area contributed by atoms with Crippen molar-refractivity contribution in [3.05, 3.63) is 80.6 Å². The van der Waals surface area contributed by atoms with Gasteiger partial charge in [-0.1, -0.05) is 36.4 Å². The SMILES string of the molecule is CCOc1cc([C@@H]2OCCn3c(-c4ccccc4)c4c(=O)n(C)c(=O)n(C)c4c32)ccc1O. The Morgan fingerprint density at radius 2 is 1.85 bits per heavy atom. The van der Waals surface area contributed by atoms with Gasteiger partial charge in [0.15, 0.2) is 11.5 Å². The van der Waals surface area contributed by atoms with Gasteiger partial charge in [0.2, 0.25) is 0 Å². The molecule has 33 heavy (non-hydrogen) atoms. The monoisotopic (exact) mass is 447 g/mol. The van der Waals surface area contributed by atoms with Crippen LogP contribution >= 0.6 is 0 Å². The molecule has 1 atom stereocenters. The fourth-order valence-electron chi connectivity index (χ4n) is 4.69. The summed E-state index contributed by atoms with van der Waals surface area (Å²) in [5.74, 6) is 0.405. The van der Waals surface area contributed by atoms with E-state index < -0.39 is 11.8 Å². The number of hydrogen-bond donors (Lipinski definition) is 1. The number of aromatic hydroxyl groups is 1. The molecule has 3 heterocycles. The number of nitrogens with zero attached hydrogens (tertiary/aromatic N) is 3. The Balaban J connectivity index is 1.88. The Labute approximate surface area is 189 Å². The van der Waals surface area contributed by atoms with Gasteiger partial charge in [0.25, 0.3) is 5.56 Å². The zero-order chi connectivity index (χ0) is 23.3. The van der Waals surface area contributed by atoms with Gasteiger partial charge < -0.3 is 19.1 Å². The Hall–Kier alpha value is -3.78. The van der Waals surface area contributed by atoms with Crippen LogP contribution in [0.15, 0.2) is 58.1 Å². The van der Waals surface area contributed by atoms with Crippen molar-refractivity contribution >= 4 is 10.9 Å². The molecule has 2 aromatic heterocycles. The van der Waals surface area contributed by atoms with Crippen molar-refractivity contribution in [2.75, 3.05) is 13.2 Å². The van der Waals surface area contributed by atoms with Gasteiger partial charge in [-0.2, -0.15) is 0 Å². The maximum absolute atomic E-state index is 13.4. The number of fused-ring (bicyclic) bond motifs is 3. The van der Waals surface area contributed by atoms with Crippen LogP contribution in [0.1, 0.15) is 24.3 Å². The van der Waals surface area contributed by atoms with Crippen molar-refractivity contribution in [3.8, 4) is 22.8 Å². The number of phenolic OH excluding ortho intramolecular Hbond substituents is 1. The molecule has 1 aliphatic rings. The maximum atomic E-state index is 13.4. The highest BCUT2D eigenvalue weighted by atomic mass is 16.5. The molecular formula is C25H25N3O5. The van der Waals surface area contributed by atoms with Gasteiger partial charge in [-0.3, -0.25) is 13.9 Å². The van der Waals surface area contributed by atoms with Gasteiger partial charge in [-0.15, -0.1) is 0 Å². The first kappa shape index (κ1) is 21.1. The maximum Gasteiger partial charge on any atom is 0.331 e. The van der Waals surface area contributed by atoms with Crippen molar-refractivity contribution in [2.24, 2.45) is 14.1 Å². The molecule has 0 saturated carbocycles. The van der Waals surface area contributed by atoms with Gasteiger partial charge in [0.05, 0.1) is 35.5 Å². The molecule has 4 aromatic rings. The minimum Gasteiger partial charge on any atom is -0.504 e. The van der Waals surface area contributed by atoms with Gasteiger partial charge in [-0.05, 0) is 30.2 Å². The van der Waals surface area contributed by atoms with Gasteiger partial charge in [0.1, 0.15) is 6.10 Å². The molecule has 1 N–H and O–H groups in total. The van der Waals surface area contributed by atoms with Crippen LogP contribution in [-0.2, 0) is 25.4 Å². The summed E-state index contributed by atoms with van der Waals surface area (Å²) in [6.07, 6.45) is -0.545. The Morgan fingerprint density at radius 1 is 1.09 bits per heavy atom. The van der Waals surface area contributed by atoms with E-state index in [0.29, 0.717) is 36.4 Å². The topological polar surface area (TPSA) is 87.6 Å². The minimum absolute atomic E-state index is 0.0443. The van der Waals surface area contributed by atoms with E-state index >= 15 is 0 Å². The number of rotatable bonds is 4. The average molecular weight is 447 g/mol. The highest BCUT2D eigenvalue weighted by molar-refractivity contribution is 5.96. The highest BCUT2D eigenvalue weighted by Crippen LogP contribution is 2.42. The van der Waals surface area contributed by atoms with E-state index in [1.54, 1.807) is 25.2 Å². The second-order valence-corrected chi connectivity index (χ2v) is 8.09. The third-order valence-electron chi connectivity index (χ3n) is 6.19. The molecule has 0 bridgehead atoms. The average Bonchev–Trinajstić information content (AvgIpc) is 3.19. The summed E-state index contributed by atoms with van der Waals surface area (Å²) < 4.78 is 16.5. The Morgan fingerprint density at radius 3 is 2.58 bits per heavy atom. The molecule has 5 rings (SSSR count). The molecule has 0 fully saturated rings. The number of benzene rings is 2. The van der Waals surface area contributed by atoms with Gasteiger partial charge in [-0.25, -0.2) is 4.79 Å². The minimum atomic E-state index is -0.545. The van der Waals surface area contributed by atoms with Crippen LogP contribution in [0.3, 0.4) is 0 Å². The summed E-state index contributed by atoms with van der Waals surface area (Å²) in [7, 11) is 3.17. The zero-order valence-corrected chi connectivity index (χ0v) is 18.7. The van der Waals surface area contributed by atoms with Gasteiger partial charge >= 0.3 is 5.69 Å². The zero-order valence-electron chi connectivity index (χ0n) is 18.7. The molecule has 170 valence electrons. The van der Waals surface area contributed by atoms with Crippen LogP contribution in [0, 0.1) is 0 Å². The van der Waals surface area contributed by atoms with E-state index in [-0.39, 0.29) is 11.3 Å². The predicted octanol–water partition coefficient (Wildman–Crippen LogP) is 2.93. The lowest BCUT2D eigenvalue weighted by Crippen LogP contribution is -2.37. The van der Waals surface area contributed by atoms with Crippen molar-refractivity contribution in [3.63, 3.8) is 0 Å². The first-order valence-corrected chi connectivity index (χ1v) is 10.9. The van der Waals surface area contributed by atoms with Crippen molar-refractivity contribution in [1.82, 2.24) is 13.7 Å². The smallest absolute Gasteiger partial charge is 0.331 e. The first-order chi connectivity index (χ1) is 15.9. The summed E-state index contributed by atoms with van der Waals surface area (Å²) in [5.41, 5.74) is 2.99. The number of phenols is 1.